The highest BCUT2D eigenvalue weighted by molar-refractivity contribution is 5.93. The van der Waals surface area contributed by atoms with E-state index in [0.29, 0.717) is 52.5 Å². The van der Waals surface area contributed by atoms with Crippen molar-refractivity contribution >= 4 is 16.7 Å². The summed E-state index contributed by atoms with van der Waals surface area (Å²) in [5.74, 6) is 1.12. The number of carbonyl (C=O) groups is 1. The molecule has 0 bridgehead atoms. The Bertz CT molecular complexity index is 1380. The zero-order chi connectivity index (χ0) is 23.7. The summed E-state index contributed by atoms with van der Waals surface area (Å²) in [5.41, 5.74) is 1.54. The maximum Gasteiger partial charge on any atom is 0.254 e. The number of fused-ring (bicyclic) bond motifs is 5. The van der Waals surface area contributed by atoms with Crippen molar-refractivity contribution in [2.45, 2.75) is 64.7 Å². The van der Waals surface area contributed by atoms with Crippen LogP contribution in [0.15, 0.2) is 29.1 Å². The number of hydrogen-bond donors (Lipinski definition) is 1. The molecule has 0 radical (unpaired) electrons. The van der Waals surface area contributed by atoms with Gasteiger partial charge in [0.2, 0.25) is 0 Å². The van der Waals surface area contributed by atoms with Crippen molar-refractivity contribution in [3.05, 3.63) is 51.3 Å². The van der Waals surface area contributed by atoms with Crippen molar-refractivity contribution < 1.29 is 19.4 Å². The molecule has 0 saturated carbocycles. The first kappa shape index (κ1) is 21.6. The summed E-state index contributed by atoms with van der Waals surface area (Å²) < 4.78 is 13.5. The number of ether oxygens (including phenoxy) is 2. The van der Waals surface area contributed by atoms with Gasteiger partial charge in [-0.15, -0.1) is 0 Å². The van der Waals surface area contributed by atoms with E-state index in [4.69, 9.17) is 14.5 Å². The van der Waals surface area contributed by atoms with Gasteiger partial charge in [0.05, 0.1) is 30.6 Å². The highest BCUT2D eigenvalue weighted by atomic mass is 16.5. The number of ketones is 1. The van der Waals surface area contributed by atoms with E-state index in [0.717, 1.165) is 10.9 Å². The van der Waals surface area contributed by atoms with Crippen LogP contribution in [-0.2, 0) is 23.4 Å². The van der Waals surface area contributed by atoms with E-state index in [9.17, 15) is 14.7 Å². The van der Waals surface area contributed by atoms with Crippen LogP contribution in [0, 0.1) is 0 Å². The van der Waals surface area contributed by atoms with Gasteiger partial charge in [0, 0.05) is 28.5 Å². The van der Waals surface area contributed by atoms with E-state index in [1.165, 1.54) is 0 Å². The summed E-state index contributed by atoms with van der Waals surface area (Å²) in [6.07, 6.45) is 0.729. The van der Waals surface area contributed by atoms with Gasteiger partial charge < -0.3 is 19.1 Å². The number of pyridine rings is 2. The van der Waals surface area contributed by atoms with Crippen molar-refractivity contribution in [3.63, 3.8) is 0 Å². The first-order chi connectivity index (χ1) is 15.6. The molecule has 7 nitrogen and oxygen atoms in total. The van der Waals surface area contributed by atoms with E-state index >= 15 is 0 Å². The van der Waals surface area contributed by atoms with Gasteiger partial charge in [-0.3, -0.25) is 9.59 Å². The second-order valence-corrected chi connectivity index (χ2v) is 9.82. The number of aliphatic hydroxyl groups is 1. The summed E-state index contributed by atoms with van der Waals surface area (Å²) in [5, 5.41) is 12.0. The maximum atomic E-state index is 13.4. The number of rotatable bonds is 3. The van der Waals surface area contributed by atoms with E-state index in [1.807, 2.05) is 39.0 Å². The summed E-state index contributed by atoms with van der Waals surface area (Å²) in [6.45, 7) is 8.05. The predicted molar refractivity (Wildman–Crippen MR) is 125 cm³/mol. The first-order valence-electron chi connectivity index (χ1n) is 11.3. The zero-order valence-corrected chi connectivity index (χ0v) is 19.6. The van der Waals surface area contributed by atoms with Gasteiger partial charge in [-0.25, -0.2) is 4.98 Å². The molecular formula is C26H28N2O5. The Morgan fingerprint density at radius 2 is 1.91 bits per heavy atom. The monoisotopic (exact) mass is 448 g/mol. The lowest BCUT2D eigenvalue weighted by Gasteiger charge is -2.32. The number of nitrogens with zero attached hydrogens (tertiary/aromatic N) is 2. The lowest BCUT2D eigenvalue weighted by molar-refractivity contribution is -0.140. The van der Waals surface area contributed by atoms with Crippen LogP contribution in [0.5, 0.6) is 11.5 Å². The topological polar surface area (TPSA) is 90.7 Å². The molecule has 3 heterocycles. The molecular weight excluding hydrogens is 420 g/mol. The molecule has 1 N–H and O–H groups in total. The smallest absolute Gasteiger partial charge is 0.254 e. The van der Waals surface area contributed by atoms with Crippen LogP contribution in [0.1, 0.15) is 57.2 Å². The SMILES string of the molecule is CC[C@@]1(O)C(=O)CCc2c1cc1n(c2=O)Cc2c-1nc1ccc(OC(C)(C)C)cc1c2OC. The Hall–Kier alpha value is -3.19. The molecule has 3 aromatic rings. The fraction of sp³-hybridized carbons (Fsp3) is 0.423. The Morgan fingerprint density at radius 3 is 2.58 bits per heavy atom. The summed E-state index contributed by atoms with van der Waals surface area (Å²) in [4.78, 5) is 30.9. The fourth-order valence-electron chi connectivity index (χ4n) is 5.06. The van der Waals surface area contributed by atoms with Crippen LogP contribution in [0.3, 0.4) is 0 Å². The molecule has 0 fully saturated rings. The Balaban J connectivity index is 1.74. The number of carbonyl (C=O) groups excluding carboxylic acids is 1. The van der Waals surface area contributed by atoms with E-state index in [1.54, 1.807) is 24.7 Å². The van der Waals surface area contributed by atoms with Crippen LogP contribution in [0.2, 0.25) is 0 Å². The second kappa shape index (κ2) is 7.15. The van der Waals surface area contributed by atoms with Gasteiger partial charge in [0.25, 0.3) is 5.56 Å². The van der Waals surface area contributed by atoms with Crippen molar-refractivity contribution in [1.82, 2.24) is 9.55 Å². The summed E-state index contributed by atoms with van der Waals surface area (Å²) >= 11 is 0. The molecule has 0 amide bonds. The Morgan fingerprint density at radius 1 is 1.15 bits per heavy atom. The minimum Gasteiger partial charge on any atom is -0.496 e. The van der Waals surface area contributed by atoms with Gasteiger partial charge in [-0.05, 0) is 57.9 Å². The van der Waals surface area contributed by atoms with Crippen molar-refractivity contribution in [2.24, 2.45) is 0 Å². The average Bonchev–Trinajstić information content (AvgIpc) is 3.12. The van der Waals surface area contributed by atoms with E-state index in [-0.39, 0.29) is 29.8 Å². The third-order valence-electron chi connectivity index (χ3n) is 6.61. The number of aromatic nitrogens is 2. The molecule has 0 unspecified atom stereocenters. The van der Waals surface area contributed by atoms with Crippen LogP contribution >= 0.6 is 0 Å². The van der Waals surface area contributed by atoms with E-state index < -0.39 is 5.60 Å². The normalized spacial score (nSPS) is 19.3. The minimum atomic E-state index is -1.63. The van der Waals surface area contributed by atoms with Crippen molar-refractivity contribution in [2.75, 3.05) is 7.11 Å². The second-order valence-electron chi connectivity index (χ2n) is 9.82. The first-order valence-corrected chi connectivity index (χ1v) is 11.3. The van der Waals surface area contributed by atoms with Crippen LogP contribution in [-0.4, -0.2) is 33.2 Å². The van der Waals surface area contributed by atoms with Crippen LogP contribution in [0.4, 0.5) is 0 Å². The van der Waals surface area contributed by atoms with Gasteiger partial charge >= 0.3 is 0 Å². The van der Waals surface area contributed by atoms with Crippen LogP contribution < -0.4 is 15.0 Å². The third kappa shape index (κ3) is 3.17. The number of benzene rings is 1. The van der Waals surface area contributed by atoms with Gasteiger partial charge in [-0.1, -0.05) is 6.92 Å². The molecule has 1 aromatic carbocycles. The highest BCUT2D eigenvalue weighted by Crippen LogP contribution is 2.43. The quantitative estimate of drug-likeness (QED) is 0.514. The summed E-state index contributed by atoms with van der Waals surface area (Å²) in [6, 6.07) is 7.44. The standard InChI is InChI=1S/C26H28N2O5/c1-6-26(31)18-12-20-22-17(13-28(20)24(30)15(18)8-10-21(26)29)23(32-5)16-11-14(33-25(2,3)4)7-9-19(16)27-22/h7,9,11-12,31H,6,8,10,13H2,1-5H3/t26-/m0/s1. The molecule has 2 aliphatic rings. The molecule has 33 heavy (non-hydrogen) atoms. The maximum absolute atomic E-state index is 13.4. The molecule has 0 saturated heterocycles. The molecule has 0 spiro atoms. The minimum absolute atomic E-state index is 0.168. The third-order valence-corrected chi connectivity index (χ3v) is 6.61. The zero-order valence-electron chi connectivity index (χ0n) is 19.6. The molecule has 1 atom stereocenters. The fourth-order valence-corrected chi connectivity index (χ4v) is 5.06. The van der Waals surface area contributed by atoms with E-state index in [2.05, 4.69) is 0 Å². The molecule has 5 rings (SSSR count). The summed E-state index contributed by atoms with van der Waals surface area (Å²) in [7, 11) is 1.61. The lowest BCUT2D eigenvalue weighted by atomic mass is 9.77. The number of methoxy groups -OCH3 is 1. The number of hydrogen-bond acceptors (Lipinski definition) is 6. The largest absolute Gasteiger partial charge is 0.496 e. The Labute approximate surface area is 192 Å². The molecule has 2 aromatic heterocycles. The number of Topliss-reactive ketones (excluding diaryl/α,β-unsaturated/α-hetero) is 1. The van der Waals surface area contributed by atoms with Gasteiger partial charge in [0.1, 0.15) is 22.7 Å². The highest BCUT2D eigenvalue weighted by Gasteiger charge is 2.43. The lowest BCUT2D eigenvalue weighted by Crippen LogP contribution is -2.43. The molecule has 1 aliphatic carbocycles. The van der Waals surface area contributed by atoms with Gasteiger partial charge in [-0.2, -0.15) is 0 Å². The molecule has 7 heteroatoms. The van der Waals surface area contributed by atoms with Crippen LogP contribution in [0.25, 0.3) is 22.3 Å². The van der Waals surface area contributed by atoms with Crippen molar-refractivity contribution in [1.29, 1.82) is 0 Å². The predicted octanol–water partition coefficient (Wildman–Crippen LogP) is 3.72. The average molecular weight is 449 g/mol. The van der Waals surface area contributed by atoms with Crippen molar-refractivity contribution in [3.8, 4) is 22.9 Å². The molecule has 1 aliphatic heterocycles. The van der Waals surface area contributed by atoms with Gasteiger partial charge in [0.15, 0.2) is 5.78 Å². The Kier molecular flexibility index (Phi) is 4.69. The molecule has 172 valence electrons.